The Labute approximate surface area is 250 Å². The average Bonchev–Trinajstić information content (AvgIpc) is 2.93. The molecule has 1 amide bonds. The second-order valence-corrected chi connectivity index (χ2v) is 16.8. The van der Waals surface area contributed by atoms with Gasteiger partial charge in [-0.25, -0.2) is 0 Å². The smallest absolute Gasteiger partial charge is 0.227 e. The van der Waals surface area contributed by atoms with E-state index in [0.717, 1.165) is 44.9 Å². The van der Waals surface area contributed by atoms with Crippen molar-refractivity contribution in [1.82, 2.24) is 5.32 Å². The van der Waals surface area contributed by atoms with Crippen molar-refractivity contribution in [3.63, 3.8) is 0 Å². The number of aliphatic hydroxyl groups excluding tert-OH is 1. The molecule has 0 unspecified atom stereocenters. The van der Waals surface area contributed by atoms with Crippen LogP contribution in [0.4, 0.5) is 0 Å². The second kappa shape index (κ2) is 9.70. The zero-order chi connectivity index (χ0) is 29.6. The van der Waals surface area contributed by atoms with Gasteiger partial charge in [0.25, 0.3) is 0 Å². The first-order valence-electron chi connectivity index (χ1n) is 16.9. The summed E-state index contributed by atoms with van der Waals surface area (Å²) in [6.07, 6.45) is 12.5. The van der Waals surface area contributed by atoms with E-state index < -0.39 is 0 Å². The SMILES string of the molecule is Cc1ccc(CNC(=O)[C@]23CC[C@@H](C)[C@H](C)[C@H]2C2=CC[C@@H]4[C@@]5(C)CC[C@H](O)C(C)(C)[C@@H]5CC[C@@]4(C)[C@]2(C)CC3)cc1. The molecule has 3 nitrogen and oxygen atoms in total. The number of amides is 1. The molecule has 3 heteroatoms. The summed E-state index contributed by atoms with van der Waals surface area (Å²) in [5, 5.41) is 14.5. The molecule has 0 aromatic heterocycles. The van der Waals surface area contributed by atoms with Gasteiger partial charge < -0.3 is 10.4 Å². The number of carbonyl (C=O) groups excluding carboxylic acids is 1. The van der Waals surface area contributed by atoms with Crippen LogP contribution in [0.25, 0.3) is 0 Å². The van der Waals surface area contributed by atoms with Crippen LogP contribution in [0, 0.1) is 63.6 Å². The van der Waals surface area contributed by atoms with E-state index in [2.05, 4.69) is 91.0 Å². The molecule has 0 heterocycles. The molecule has 4 fully saturated rings. The Morgan fingerprint density at radius 1 is 0.902 bits per heavy atom. The van der Waals surface area contributed by atoms with E-state index in [0.29, 0.717) is 42.0 Å². The minimum atomic E-state index is -0.288. The van der Waals surface area contributed by atoms with Crippen LogP contribution in [0.1, 0.15) is 117 Å². The third-order valence-corrected chi connectivity index (χ3v) is 15.0. The van der Waals surface area contributed by atoms with Crippen molar-refractivity contribution >= 4 is 5.91 Å². The molecule has 0 spiro atoms. The fourth-order valence-corrected chi connectivity index (χ4v) is 11.9. The van der Waals surface area contributed by atoms with Gasteiger partial charge in [0.1, 0.15) is 0 Å². The summed E-state index contributed by atoms with van der Waals surface area (Å²) < 4.78 is 0. The molecular formula is C38H57NO2. The number of fused-ring (bicyclic) bond motifs is 7. The Balaban J connectivity index is 1.36. The van der Waals surface area contributed by atoms with E-state index in [-0.39, 0.29) is 33.2 Å². The monoisotopic (exact) mass is 559 g/mol. The van der Waals surface area contributed by atoms with E-state index in [1.54, 1.807) is 5.57 Å². The second-order valence-electron chi connectivity index (χ2n) is 16.8. The van der Waals surface area contributed by atoms with Crippen LogP contribution >= 0.6 is 0 Å². The van der Waals surface area contributed by atoms with Gasteiger partial charge in [0.05, 0.1) is 11.5 Å². The lowest BCUT2D eigenvalue weighted by atomic mass is 9.33. The van der Waals surface area contributed by atoms with Gasteiger partial charge in [-0.2, -0.15) is 0 Å². The molecule has 0 aliphatic heterocycles. The van der Waals surface area contributed by atoms with Crippen molar-refractivity contribution in [2.24, 2.45) is 56.7 Å². The van der Waals surface area contributed by atoms with E-state index in [1.165, 1.54) is 24.0 Å². The lowest BCUT2D eigenvalue weighted by molar-refractivity contribution is -0.204. The highest BCUT2D eigenvalue weighted by Gasteiger charge is 2.69. The molecule has 41 heavy (non-hydrogen) atoms. The number of hydrogen-bond donors (Lipinski definition) is 2. The number of aliphatic hydroxyl groups is 1. The minimum Gasteiger partial charge on any atom is -0.393 e. The summed E-state index contributed by atoms with van der Waals surface area (Å²) in [5.41, 5.74) is 4.38. The van der Waals surface area contributed by atoms with Crippen LogP contribution in [-0.2, 0) is 11.3 Å². The maximum Gasteiger partial charge on any atom is 0.227 e. The van der Waals surface area contributed by atoms with Gasteiger partial charge >= 0.3 is 0 Å². The van der Waals surface area contributed by atoms with Crippen LogP contribution in [0.5, 0.6) is 0 Å². The normalized spacial score (nSPS) is 46.7. The Kier molecular flexibility index (Phi) is 6.97. The third-order valence-electron chi connectivity index (χ3n) is 15.0. The first-order chi connectivity index (χ1) is 19.2. The standard InChI is InChI=1S/C38H57NO2/c1-24-9-11-27(12-10-24)23-39-33(41)38-20-15-25(2)26(3)32(38)28-13-14-30-35(6)18-17-31(40)34(4,5)29(35)16-19-37(30,8)36(28,7)21-22-38/h9-13,25-26,29-32,40H,14-23H2,1-8H3,(H,39,41)/t25-,26+,29+,30-,31+,32+,35+,36-,37-,38+/m1/s1. The number of hydrogen-bond acceptors (Lipinski definition) is 2. The van der Waals surface area contributed by atoms with Gasteiger partial charge in [-0.3, -0.25) is 4.79 Å². The van der Waals surface area contributed by atoms with Gasteiger partial charge in [0, 0.05) is 6.54 Å². The van der Waals surface area contributed by atoms with Gasteiger partial charge in [-0.15, -0.1) is 0 Å². The molecule has 226 valence electrons. The molecule has 10 atom stereocenters. The van der Waals surface area contributed by atoms with Crippen molar-refractivity contribution in [2.75, 3.05) is 0 Å². The number of benzene rings is 1. The predicted octanol–water partition coefficient (Wildman–Crippen LogP) is 8.63. The van der Waals surface area contributed by atoms with Crippen molar-refractivity contribution in [3.8, 4) is 0 Å². The molecule has 2 N–H and O–H groups in total. The highest BCUT2D eigenvalue weighted by atomic mass is 16.3. The Hall–Kier alpha value is -1.61. The Morgan fingerprint density at radius 3 is 2.32 bits per heavy atom. The molecule has 0 radical (unpaired) electrons. The molecule has 4 saturated carbocycles. The predicted molar refractivity (Wildman–Crippen MR) is 168 cm³/mol. The van der Waals surface area contributed by atoms with Crippen LogP contribution in [0.3, 0.4) is 0 Å². The molecule has 5 aliphatic rings. The first-order valence-corrected chi connectivity index (χ1v) is 16.9. The largest absolute Gasteiger partial charge is 0.393 e. The van der Waals surface area contributed by atoms with Crippen LogP contribution in [0.2, 0.25) is 0 Å². The summed E-state index contributed by atoms with van der Waals surface area (Å²) in [6, 6.07) is 8.60. The summed E-state index contributed by atoms with van der Waals surface area (Å²) in [6.45, 7) is 20.1. The average molecular weight is 560 g/mol. The summed E-state index contributed by atoms with van der Waals surface area (Å²) >= 11 is 0. The highest BCUT2D eigenvalue weighted by molar-refractivity contribution is 5.84. The quantitative estimate of drug-likeness (QED) is 0.364. The van der Waals surface area contributed by atoms with E-state index in [9.17, 15) is 9.90 Å². The minimum absolute atomic E-state index is 0.0240. The fraction of sp³-hybridized carbons (Fsp3) is 0.763. The Morgan fingerprint density at radius 2 is 1.61 bits per heavy atom. The topological polar surface area (TPSA) is 49.3 Å². The van der Waals surface area contributed by atoms with E-state index in [4.69, 9.17) is 0 Å². The molecule has 5 aliphatic carbocycles. The molecule has 0 saturated heterocycles. The van der Waals surface area contributed by atoms with Crippen LogP contribution < -0.4 is 5.32 Å². The zero-order valence-corrected chi connectivity index (χ0v) is 27.3. The zero-order valence-electron chi connectivity index (χ0n) is 27.3. The molecular weight excluding hydrogens is 502 g/mol. The molecule has 1 aromatic rings. The van der Waals surface area contributed by atoms with Gasteiger partial charge in [-0.05, 0) is 122 Å². The summed E-state index contributed by atoms with van der Waals surface area (Å²) in [5.74, 6) is 2.98. The lowest BCUT2D eigenvalue weighted by Gasteiger charge is -2.71. The van der Waals surface area contributed by atoms with Crippen molar-refractivity contribution in [2.45, 2.75) is 126 Å². The lowest BCUT2D eigenvalue weighted by Crippen LogP contribution is -2.66. The fourth-order valence-electron chi connectivity index (χ4n) is 11.9. The number of aryl methyl sites for hydroxylation is 1. The highest BCUT2D eigenvalue weighted by Crippen LogP contribution is 2.75. The number of rotatable bonds is 3. The van der Waals surface area contributed by atoms with Gasteiger partial charge in [0.15, 0.2) is 0 Å². The summed E-state index contributed by atoms with van der Waals surface area (Å²) in [4.78, 5) is 14.4. The third kappa shape index (κ3) is 4.02. The van der Waals surface area contributed by atoms with E-state index in [1.807, 2.05) is 0 Å². The number of allylic oxidation sites excluding steroid dienone is 2. The Bertz CT molecular complexity index is 1220. The van der Waals surface area contributed by atoms with Crippen LogP contribution in [-0.4, -0.2) is 17.1 Å². The number of carbonyl (C=O) groups is 1. The van der Waals surface area contributed by atoms with Crippen molar-refractivity contribution in [1.29, 1.82) is 0 Å². The van der Waals surface area contributed by atoms with E-state index >= 15 is 0 Å². The molecule has 6 rings (SSSR count). The maximum absolute atomic E-state index is 14.4. The summed E-state index contributed by atoms with van der Waals surface area (Å²) in [7, 11) is 0. The van der Waals surface area contributed by atoms with Gasteiger partial charge in [0.2, 0.25) is 5.91 Å². The number of nitrogens with one attached hydrogen (secondary N) is 1. The van der Waals surface area contributed by atoms with Crippen LogP contribution in [0.15, 0.2) is 35.9 Å². The molecule has 0 bridgehead atoms. The maximum atomic E-state index is 14.4. The first kappa shape index (κ1) is 29.5. The van der Waals surface area contributed by atoms with Crippen molar-refractivity contribution in [3.05, 3.63) is 47.0 Å². The van der Waals surface area contributed by atoms with Gasteiger partial charge in [-0.1, -0.05) is 89.9 Å². The van der Waals surface area contributed by atoms with Crippen molar-refractivity contribution < 1.29 is 9.90 Å². The molecule has 1 aromatic carbocycles.